The number of alkyl halides is 2. The number of rotatable bonds is 7. The summed E-state index contributed by atoms with van der Waals surface area (Å²) in [5.74, 6) is 0.467. The summed E-state index contributed by atoms with van der Waals surface area (Å²) < 4.78 is 30.3. The van der Waals surface area contributed by atoms with Crippen molar-refractivity contribution in [2.45, 2.75) is 39.5 Å². The first kappa shape index (κ1) is 21.7. The Hall–Kier alpha value is -1.61. The van der Waals surface area contributed by atoms with Crippen LogP contribution in [0.3, 0.4) is 0 Å². The molecule has 27 heavy (non-hydrogen) atoms. The highest BCUT2D eigenvalue weighted by atomic mass is 79.9. The number of nitrogens with zero attached hydrogens (tertiary/aromatic N) is 1. The molecule has 5 nitrogen and oxygen atoms in total. The van der Waals surface area contributed by atoms with Crippen molar-refractivity contribution < 1.29 is 23.1 Å². The molecule has 1 aromatic rings. The molecule has 1 aromatic carbocycles. The summed E-state index contributed by atoms with van der Waals surface area (Å²) in [7, 11) is 0. The quantitative estimate of drug-likeness (QED) is 0.623. The van der Waals surface area contributed by atoms with Crippen LogP contribution in [0, 0.1) is 0 Å². The van der Waals surface area contributed by atoms with Crippen molar-refractivity contribution in [3.63, 3.8) is 0 Å². The van der Waals surface area contributed by atoms with Crippen LogP contribution in [0.1, 0.15) is 25.8 Å². The van der Waals surface area contributed by atoms with E-state index in [0.717, 1.165) is 6.42 Å². The van der Waals surface area contributed by atoms with E-state index in [4.69, 9.17) is 0 Å². The Kier molecular flexibility index (Phi) is 8.09. The van der Waals surface area contributed by atoms with Gasteiger partial charge >= 0.3 is 6.61 Å². The molecule has 2 amide bonds. The molecule has 0 bridgehead atoms. The first-order valence-corrected chi connectivity index (χ1v) is 10.3. The number of halogens is 3. The SMILES string of the molecule is CC/C=C(/C)C(=O)N1CSCC1C(=O)NCc1cc(Br)ccc1OC(F)F. The number of carbonyl (C=O) groups is 2. The number of hydrogen-bond donors (Lipinski definition) is 1. The van der Waals surface area contributed by atoms with Gasteiger partial charge < -0.3 is 15.0 Å². The van der Waals surface area contributed by atoms with E-state index >= 15 is 0 Å². The molecule has 0 aromatic heterocycles. The van der Waals surface area contributed by atoms with Crippen molar-refractivity contribution in [1.82, 2.24) is 10.2 Å². The van der Waals surface area contributed by atoms with E-state index < -0.39 is 12.7 Å². The van der Waals surface area contributed by atoms with E-state index in [1.807, 2.05) is 13.0 Å². The van der Waals surface area contributed by atoms with Gasteiger partial charge in [-0.1, -0.05) is 28.9 Å². The second-order valence-electron chi connectivity index (χ2n) is 5.93. The van der Waals surface area contributed by atoms with Crippen LogP contribution in [-0.2, 0) is 16.1 Å². The molecule has 1 atom stereocenters. The third kappa shape index (κ3) is 5.93. The van der Waals surface area contributed by atoms with Gasteiger partial charge in [0.1, 0.15) is 11.8 Å². The van der Waals surface area contributed by atoms with Gasteiger partial charge in [-0.15, -0.1) is 11.8 Å². The third-order valence-corrected chi connectivity index (χ3v) is 5.49. The predicted molar refractivity (Wildman–Crippen MR) is 105 cm³/mol. The summed E-state index contributed by atoms with van der Waals surface area (Å²) in [5.41, 5.74) is 1.03. The van der Waals surface area contributed by atoms with Crippen molar-refractivity contribution in [1.29, 1.82) is 0 Å². The van der Waals surface area contributed by atoms with Gasteiger partial charge in [-0.3, -0.25) is 9.59 Å². The molecule has 2 rings (SSSR count). The number of hydrogen-bond acceptors (Lipinski definition) is 4. The zero-order chi connectivity index (χ0) is 20.0. The van der Waals surface area contributed by atoms with Crippen LogP contribution in [0.2, 0.25) is 0 Å². The summed E-state index contributed by atoms with van der Waals surface area (Å²) in [5, 5.41) is 2.73. The Bertz CT molecular complexity index is 731. The molecule has 0 radical (unpaired) electrons. The molecule has 0 saturated carbocycles. The Morgan fingerprint density at radius 1 is 1.48 bits per heavy atom. The zero-order valence-electron chi connectivity index (χ0n) is 15.0. The summed E-state index contributed by atoms with van der Waals surface area (Å²) in [4.78, 5) is 26.6. The number of thioether (sulfide) groups is 1. The van der Waals surface area contributed by atoms with Crippen molar-refractivity contribution in [3.8, 4) is 5.75 Å². The van der Waals surface area contributed by atoms with Crippen molar-refractivity contribution in [3.05, 3.63) is 39.9 Å². The lowest BCUT2D eigenvalue weighted by atomic mass is 10.1. The third-order valence-electron chi connectivity index (χ3n) is 3.99. The van der Waals surface area contributed by atoms with Crippen LogP contribution in [-0.4, -0.2) is 41.0 Å². The summed E-state index contributed by atoms with van der Waals surface area (Å²) in [6, 6.07) is 4.02. The van der Waals surface area contributed by atoms with E-state index in [1.54, 1.807) is 24.0 Å². The Morgan fingerprint density at radius 3 is 2.89 bits per heavy atom. The highest BCUT2D eigenvalue weighted by Crippen LogP contribution is 2.26. The van der Waals surface area contributed by atoms with E-state index in [1.165, 1.54) is 17.8 Å². The second kappa shape index (κ2) is 10.1. The lowest BCUT2D eigenvalue weighted by Gasteiger charge is -2.23. The Morgan fingerprint density at radius 2 is 2.22 bits per heavy atom. The number of ether oxygens (including phenoxy) is 1. The fourth-order valence-corrected chi connectivity index (χ4v) is 4.24. The van der Waals surface area contributed by atoms with Gasteiger partial charge in [-0.25, -0.2) is 0 Å². The molecule has 0 aliphatic carbocycles. The van der Waals surface area contributed by atoms with Gasteiger partial charge in [0.05, 0.1) is 5.88 Å². The standard InChI is InChI=1S/C18H21BrF2N2O3S/c1-3-4-11(2)17(25)23-10-27-9-14(23)16(24)22-8-12-7-13(19)5-6-15(12)26-18(20)21/h4-7,14,18H,3,8-10H2,1-2H3,(H,22,24)/b11-4-. The van der Waals surface area contributed by atoms with Crippen LogP contribution in [0.15, 0.2) is 34.3 Å². The summed E-state index contributed by atoms with van der Waals surface area (Å²) >= 11 is 4.78. The average Bonchev–Trinajstić information content (AvgIpc) is 3.10. The van der Waals surface area contributed by atoms with E-state index in [2.05, 4.69) is 26.0 Å². The van der Waals surface area contributed by atoms with Gasteiger partial charge in [0.2, 0.25) is 5.91 Å². The number of amides is 2. The molecule has 1 aliphatic heterocycles. The normalized spacial score (nSPS) is 17.3. The minimum Gasteiger partial charge on any atom is -0.434 e. The number of allylic oxidation sites excluding steroid dienone is 1. The minimum atomic E-state index is -2.95. The molecule has 1 heterocycles. The first-order chi connectivity index (χ1) is 12.8. The van der Waals surface area contributed by atoms with Crippen LogP contribution in [0.25, 0.3) is 0 Å². The van der Waals surface area contributed by atoms with Crippen LogP contribution in [0.5, 0.6) is 5.75 Å². The number of benzene rings is 1. The number of nitrogens with one attached hydrogen (secondary N) is 1. The lowest BCUT2D eigenvalue weighted by Crippen LogP contribution is -2.47. The summed E-state index contributed by atoms with van der Waals surface area (Å²) in [6.45, 7) is 0.747. The molecule has 1 aliphatic rings. The van der Waals surface area contributed by atoms with Crippen molar-refractivity contribution in [2.75, 3.05) is 11.6 Å². The van der Waals surface area contributed by atoms with Gasteiger partial charge in [0, 0.05) is 27.9 Å². The highest BCUT2D eigenvalue weighted by Gasteiger charge is 2.34. The molecular weight excluding hydrogens is 442 g/mol. The Balaban J connectivity index is 2.06. The van der Waals surface area contributed by atoms with E-state index in [0.29, 0.717) is 27.2 Å². The lowest BCUT2D eigenvalue weighted by molar-refractivity contribution is -0.135. The fraction of sp³-hybridized carbons (Fsp3) is 0.444. The second-order valence-corrected chi connectivity index (χ2v) is 7.85. The van der Waals surface area contributed by atoms with E-state index in [-0.39, 0.29) is 24.1 Å². The van der Waals surface area contributed by atoms with Gasteiger partial charge in [-0.2, -0.15) is 8.78 Å². The predicted octanol–water partition coefficient (Wildman–Crippen LogP) is 3.92. The van der Waals surface area contributed by atoms with Crippen LogP contribution in [0.4, 0.5) is 8.78 Å². The maximum Gasteiger partial charge on any atom is 0.387 e. The minimum absolute atomic E-state index is 0.00366. The molecule has 0 spiro atoms. The Labute approximate surface area is 169 Å². The maximum atomic E-state index is 12.6. The largest absolute Gasteiger partial charge is 0.434 e. The van der Waals surface area contributed by atoms with Crippen molar-refractivity contribution >= 4 is 39.5 Å². The molecule has 1 N–H and O–H groups in total. The van der Waals surface area contributed by atoms with E-state index in [9.17, 15) is 18.4 Å². The van der Waals surface area contributed by atoms with Gasteiger partial charge in [0.15, 0.2) is 0 Å². The fourth-order valence-electron chi connectivity index (χ4n) is 2.68. The van der Waals surface area contributed by atoms with Crippen LogP contribution >= 0.6 is 27.7 Å². The highest BCUT2D eigenvalue weighted by molar-refractivity contribution is 9.10. The summed E-state index contributed by atoms with van der Waals surface area (Å²) in [6.07, 6.45) is 2.57. The van der Waals surface area contributed by atoms with Gasteiger partial charge in [-0.05, 0) is 31.5 Å². The number of carbonyl (C=O) groups excluding carboxylic acids is 2. The average molecular weight is 463 g/mol. The van der Waals surface area contributed by atoms with Crippen molar-refractivity contribution in [2.24, 2.45) is 0 Å². The monoisotopic (exact) mass is 462 g/mol. The van der Waals surface area contributed by atoms with Gasteiger partial charge in [0.25, 0.3) is 5.91 Å². The zero-order valence-corrected chi connectivity index (χ0v) is 17.4. The molecule has 1 unspecified atom stereocenters. The first-order valence-electron chi connectivity index (χ1n) is 8.39. The molecule has 9 heteroatoms. The van der Waals surface area contributed by atoms with Crippen LogP contribution < -0.4 is 10.1 Å². The molecule has 1 saturated heterocycles. The molecule has 1 fully saturated rings. The smallest absolute Gasteiger partial charge is 0.387 e. The molecule has 148 valence electrons. The topological polar surface area (TPSA) is 58.6 Å². The maximum absolute atomic E-state index is 12.6. The molecular formula is C18H21BrF2N2O3S.